The number of hydrogen-bond donors (Lipinski definition) is 3. The van der Waals surface area contributed by atoms with Gasteiger partial charge in [-0.05, 0) is 0 Å². The standard InChI is InChI=1S/C4H10N3O/c5-4(6)7-1-3-2-8-3/h3,7H,1-2,5-6H2. The van der Waals surface area contributed by atoms with Crippen LogP contribution in [0.3, 0.4) is 0 Å². The van der Waals surface area contributed by atoms with Crippen molar-refractivity contribution in [2.75, 3.05) is 13.2 Å². The van der Waals surface area contributed by atoms with E-state index in [2.05, 4.69) is 5.32 Å². The second kappa shape index (κ2) is 2.41. The predicted molar refractivity (Wildman–Crippen MR) is 29.4 cm³/mol. The van der Waals surface area contributed by atoms with Crippen molar-refractivity contribution in [1.82, 2.24) is 5.32 Å². The molecule has 47 valence electrons. The molecular formula is C4H10N3O. The van der Waals surface area contributed by atoms with Crippen LogP contribution in [-0.2, 0) is 4.74 Å². The molecule has 1 aliphatic rings. The van der Waals surface area contributed by atoms with Crippen LogP contribution < -0.4 is 16.8 Å². The monoisotopic (exact) mass is 116 g/mol. The fraction of sp³-hybridized carbons (Fsp3) is 0.750. The van der Waals surface area contributed by atoms with Crippen LogP contribution in [0.25, 0.3) is 0 Å². The Morgan fingerprint density at radius 2 is 2.38 bits per heavy atom. The van der Waals surface area contributed by atoms with Crippen LogP contribution in [0.4, 0.5) is 0 Å². The molecule has 1 radical (unpaired) electrons. The Morgan fingerprint density at radius 3 is 2.75 bits per heavy atom. The Morgan fingerprint density at radius 1 is 1.75 bits per heavy atom. The predicted octanol–water partition coefficient (Wildman–Crippen LogP) is -1.66. The Labute approximate surface area is 48.2 Å². The maximum atomic E-state index is 5.10. The highest BCUT2D eigenvalue weighted by atomic mass is 16.6. The van der Waals surface area contributed by atoms with E-state index in [1.54, 1.807) is 0 Å². The van der Waals surface area contributed by atoms with E-state index >= 15 is 0 Å². The van der Waals surface area contributed by atoms with Crippen LogP contribution in [0.1, 0.15) is 0 Å². The lowest BCUT2D eigenvalue weighted by atomic mass is 10.5. The molecule has 0 aliphatic carbocycles. The van der Waals surface area contributed by atoms with Crippen molar-refractivity contribution < 1.29 is 4.74 Å². The first-order chi connectivity index (χ1) is 3.79. The molecule has 1 fully saturated rings. The smallest absolute Gasteiger partial charge is 0.165 e. The lowest BCUT2D eigenvalue weighted by molar-refractivity contribution is 0.397. The molecule has 8 heavy (non-hydrogen) atoms. The van der Waals surface area contributed by atoms with Gasteiger partial charge in [-0.25, -0.2) is 0 Å². The molecule has 1 unspecified atom stereocenters. The van der Waals surface area contributed by atoms with Crippen LogP contribution in [0, 0.1) is 6.29 Å². The molecule has 0 saturated carbocycles. The van der Waals surface area contributed by atoms with Crippen molar-refractivity contribution in [2.45, 2.75) is 6.10 Å². The minimum atomic E-state index is 0.264. The second-order valence-corrected chi connectivity index (χ2v) is 1.79. The van der Waals surface area contributed by atoms with Crippen LogP contribution in [-0.4, -0.2) is 19.3 Å². The van der Waals surface area contributed by atoms with Gasteiger partial charge in [0.1, 0.15) is 0 Å². The Balaban J connectivity index is 1.87. The third kappa shape index (κ3) is 2.23. The van der Waals surface area contributed by atoms with Crippen molar-refractivity contribution in [3.63, 3.8) is 0 Å². The third-order valence-electron chi connectivity index (χ3n) is 0.936. The minimum absolute atomic E-state index is 0.264. The van der Waals surface area contributed by atoms with E-state index in [0.29, 0.717) is 6.10 Å². The maximum absolute atomic E-state index is 5.10. The molecule has 5 N–H and O–H groups in total. The summed E-state index contributed by atoms with van der Waals surface area (Å²) in [6, 6.07) is 0. The molecular weight excluding hydrogens is 106 g/mol. The van der Waals surface area contributed by atoms with Gasteiger partial charge in [0, 0.05) is 6.54 Å². The zero-order chi connectivity index (χ0) is 5.98. The SMILES string of the molecule is N[C](N)NCC1CO1. The normalized spacial score (nSPS) is 26.6. The molecule has 1 aliphatic heterocycles. The number of nitrogens with one attached hydrogen (secondary N) is 1. The molecule has 4 nitrogen and oxygen atoms in total. The van der Waals surface area contributed by atoms with Crippen molar-refractivity contribution >= 4 is 0 Å². The summed E-state index contributed by atoms with van der Waals surface area (Å²) in [4.78, 5) is 0. The van der Waals surface area contributed by atoms with Crippen molar-refractivity contribution in [3.8, 4) is 0 Å². The summed E-state index contributed by atoms with van der Waals surface area (Å²) in [5.41, 5.74) is 10.2. The first-order valence-electron chi connectivity index (χ1n) is 2.52. The van der Waals surface area contributed by atoms with Crippen LogP contribution in [0.5, 0.6) is 0 Å². The molecule has 1 heterocycles. The van der Waals surface area contributed by atoms with Crippen LogP contribution in [0.2, 0.25) is 0 Å². The van der Waals surface area contributed by atoms with Gasteiger partial charge in [0.2, 0.25) is 0 Å². The first kappa shape index (κ1) is 5.97. The highest BCUT2D eigenvalue weighted by molar-refractivity contribution is 4.77. The van der Waals surface area contributed by atoms with Gasteiger partial charge in [0.15, 0.2) is 6.29 Å². The minimum Gasteiger partial charge on any atom is -0.372 e. The van der Waals surface area contributed by atoms with Crippen molar-refractivity contribution in [3.05, 3.63) is 6.29 Å². The first-order valence-corrected chi connectivity index (χ1v) is 2.52. The van der Waals surface area contributed by atoms with E-state index in [1.165, 1.54) is 0 Å². The Hall–Kier alpha value is -0.160. The Bertz CT molecular complexity index is 69.7. The van der Waals surface area contributed by atoms with E-state index < -0.39 is 0 Å². The molecule has 0 aromatic carbocycles. The highest BCUT2D eigenvalue weighted by Crippen LogP contribution is 2.05. The van der Waals surface area contributed by atoms with E-state index in [1.807, 2.05) is 0 Å². The summed E-state index contributed by atoms with van der Waals surface area (Å²) < 4.78 is 4.87. The van der Waals surface area contributed by atoms with Gasteiger partial charge in [-0.1, -0.05) is 0 Å². The average Bonchev–Trinajstić information content (AvgIpc) is 2.41. The average molecular weight is 116 g/mol. The summed E-state index contributed by atoms with van der Waals surface area (Å²) in [5.74, 6) is 0. The Kier molecular flexibility index (Phi) is 1.80. The van der Waals surface area contributed by atoms with Crippen molar-refractivity contribution in [2.24, 2.45) is 11.5 Å². The van der Waals surface area contributed by atoms with E-state index in [0.717, 1.165) is 13.2 Å². The highest BCUT2D eigenvalue weighted by Gasteiger charge is 2.21. The second-order valence-electron chi connectivity index (χ2n) is 1.79. The summed E-state index contributed by atoms with van der Waals surface area (Å²) in [6.07, 6.45) is 0.609. The number of nitrogens with two attached hydrogens (primary N) is 2. The van der Waals surface area contributed by atoms with Crippen molar-refractivity contribution in [1.29, 1.82) is 0 Å². The van der Waals surface area contributed by atoms with Gasteiger partial charge in [0.25, 0.3) is 0 Å². The molecule has 1 saturated heterocycles. The van der Waals surface area contributed by atoms with Gasteiger partial charge in [-0.3, -0.25) is 16.8 Å². The van der Waals surface area contributed by atoms with Gasteiger partial charge in [0.05, 0.1) is 12.7 Å². The fourth-order valence-corrected chi connectivity index (χ4v) is 0.418. The zero-order valence-corrected chi connectivity index (χ0v) is 4.55. The van der Waals surface area contributed by atoms with Crippen LogP contribution in [0.15, 0.2) is 0 Å². The maximum Gasteiger partial charge on any atom is 0.165 e. The molecule has 1 rings (SSSR count). The topological polar surface area (TPSA) is 76.6 Å². The largest absolute Gasteiger partial charge is 0.372 e. The fourth-order valence-electron chi connectivity index (χ4n) is 0.418. The molecule has 0 spiro atoms. The molecule has 0 amide bonds. The summed E-state index contributed by atoms with van der Waals surface area (Å²) in [6.45, 7) is 1.57. The lowest BCUT2D eigenvalue weighted by Gasteiger charge is -2.02. The summed E-state index contributed by atoms with van der Waals surface area (Å²) in [7, 11) is 0. The van der Waals surface area contributed by atoms with E-state index in [-0.39, 0.29) is 6.29 Å². The molecule has 0 aromatic rings. The third-order valence-corrected chi connectivity index (χ3v) is 0.936. The number of rotatable bonds is 3. The molecule has 0 bridgehead atoms. The van der Waals surface area contributed by atoms with Crippen LogP contribution >= 0.6 is 0 Å². The van der Waals surface area contributed by atoms with Gasteiger partial charge in [-0.2, -0.15) is 0 Å². The molecule has 0 aromatic heterocycles. The van der Waals surface area contributed by atoms with Gasteiger partial charge < -0.3 is 4.74 Å². The number of ether oxygens (including phenoxy) is 1. The van der Waals surface area contributed by atoms with E-state index in [9.17, 15) is 0 Å². The molecule has 4 heteroatoms. The summed E-state index contributed by atoms with van der Waals surface area (Å²) in [5, 5.41) is 2.75. The number of epoxide rings is 1. The quantitative estimate of drug-likeness (QED) is 0.386. The zero-order valence-electron chi connectivity index (χ0n) is 4.55. The molecule has 1 atom stereocenters. The van der Waals surface area contributed by atoms with Gasteiger partial charge >= 0.3 is 0 Å². The van der Waals surface area contributed by atoms with Gasteiger partial charge in [-0.15, -0.1) is 0 Å². The van der Waals surface area contributed by atoms with E-state index in [4.69, 9.17) is 16.2 Å². The lowest BCUT2D eigenvalue weighted by Crippen LogP contribution is -2.38. The number of hydrogen-bond acceptors (Lipinski definition) is 4. The summed E-state index contributed by atoms with van der Waals surface area (Å²) >= 11 is 0.